The van der Waals surface area contributed by atoms with Gasteiger partial charge in [0, 0.05) is 5.70 Å². The maximum Gasteiger partial charge on any atom is 0.0393 e. The fourth-order valence-electron chi connectivity index (χ4n) is 5.91. The molecule has 0 fully saturated rings. The Bertz CT molecular complexity index is 1850. The molecular formula is C42H37N. The van der Waals surface area contributed by atoms with Crippen LogP contribution >= 0.6 is 0 Å². The van der Waals surface area contributed by atoms with Gasteiger partial charge in [-0.3, -0.25) is 0 Å². The number of allylic oxidation sites excluding steroid dienone is 3. The average Bonchev–Trinajstić information content (AvgIpc) is 3.07. The van der Waals surface area contributed by atoms with Crippen molar-refractivity contribution in [2.24, 2.45) is 5.73 Å². The molecule has 1 unspecified atom stereocenters. The quantitative estimate of drug-likeness (QED) is 0.176. The predicted octanol–water partition coefficient (Wildman–Crippen LogP) is 10.5. The Morgan fingerprint density at radius 2 is 1.16 bits per heavy atom. The predicted molar refractivity (Wildman–Crippen MR) is 185 cm³/mol. The minimum Gasteiger partial charge on any atom is -0.398 e. The number of fused-ring (bicyclic) bond motifs is 1. The number of hydrogen-bond acceptors (Lipinski definition) is 1. The van der Waals surface area contributed by atoms with Gasteiger partial charge in [0.25, 0.3) is 0 Å². The average molecular weight is 556 g/mol. The number of hydrogen-bond donors (Lipinski definition) is 1. The highest BCUT2D eigenvalue weighted by molar-refractivity contribution is 5.99. The zero-order valence-corrected chi connectivity index (χ0v) is 24.7. The van der Waals surface area contributed by atoms with Crippen LogP contribution in [0.25, 0.3) is 33.2 Å². The van der Waals surface area contributed by atoms with Gasteiger partial charge >= 0.3 is 0 Å². The van der Waals surface area contributed by atoms with Crippen molar-refractivity contribution in [3.8, 4) is 11.1 Å². The van der Waals surface area contributed by atoms with Crippen LogP contribution in [0.1, 0.15) is 40.7 Å². The first-order valence-electron chi connectivity index (χ1n) is 15.1. The summed E-state index contributed by atoms with van der Waals surface area (Å²) in [5, 5.41) is 2.62. The second kappa shape index (κ2) is 13.2. The molecule has 6 aromatic rings. The first-order chi connectivity index (χ1) is 21.2. The Hall–Kier alpha value is -5.14. The smallest absolute Gasteiger partial charge is 0.0393 e. The summed E-state index contributed by atoms with van der Waals surface area (Å²) in [5.41, 5.74) is 17.2. The molecule has 0 heterocycles. The van der Waals surface area contributed by atoms with Gasteiger partial charge in [0.1, 0.15) is 0 Å². The topological polar surface area (TPSA) is 26.0 Å². The summed E-state index contributed by atoms with van der Waals surface area (Å²) in [4.78, 5) is 0. The molecule has 0 aliphatic heterocycles. The molecule has 1 heteroatoms. The SMILES string of the molecule is CC(Cc1ccccc1)c1ccc(-c2ccc(C(/C=C(\N)c3ccccc3)=C/Cc3ccccc3)cc2)c2ccccc12. The van der Waals surface area contributed by atoms with Gasteiger partial charge in [0.05, 0.1) is 0 Å². The molecule has 2 N–H and O–H groups in total. The number of benzene rings is 6. The van der Waals surface area contributed by atoms with E-state index in [0.29, 0.717) is 5.92 Å². The van der Waals surface area contributed by atoms with Crippen molar-refractivity contribution < 1.29 is 0 Å². The van der Waals surface area contributed by atoms with Crippen LogP contribution in [-0.2, 0) is 12.8 Å². The molecule has 210 valence electrons. The summed E-state index contributed by atoms with van der Waals surface area (Å²) in [7, 11) is 0. The van der Waals surface area contributed by atoms with Crippen LogP contribution in [0, 0.1) is 0 Å². The van der Waals surface area contributed by atoms with Crippen LogP contribution in [-0.4, -0.2) is 0 Å². The molecule has 43 heavy (non-hydrogen) atoms. The van der Waals surface area contributed by atoms with Gasteiger partial charge in [-0.2, -0.15) is 0 Å². The minimum absolute atomic E-state index is 0.419. The third-order valence-electron chi connectivity index (χ3n) is 8.22. The Morgan fingerprint density at radius 3 is 1.84 bits per heavy atom. The van der Waals surface area contributed by atoms with E-state index in [2.05, 4.69) is 153 Å². The van der Waals surface area contributed by atoms with Crippen LogP contribution in [0.2, 0.25) is 0 Å². The summed E-state index contributed by atoms with van der Waals surface area (Å²) >= 11 is 0. The lowest BCUT2D eigenvalue weighted by Crippen LogP contribution is -2.00. The van der Waals surface area contributed by atoms with Gasteiger partial charge in [-0.25, -0.2) is 0 Å². The largest absolute Gasteiger partial charge is 0.398 e. The normalized spacial score (nSPS) is 12.8. The second-order valence-electron chi connectivity index (χ2n) is 11.2. The summed E-state index contributed by atoms with van der Waals surface area (Å²) < 4.78 is 0. The minimum atomic E-state index is 0.419. The van der Waals surface area contributed by atoms with Crippen LogP contribution < -0.4 is 5.73 Å². The first kappa shape index (κ1) is 28.0. The standard InChI is InChI=1S/C42H37N/c1-31(29-33-15-7-3-8-16-33)38-27-28-39(41-20-12-11-19-40(38)41)35-25-23-34(24-26-35)37(22-21-32-13-5-2-6-14-32)30-42(43)36-17-9-4-10-18-36/h2-20,22-28,30-31H,21,29,43H2,1H3/b37-22+,42-30-. The molecule has 0 aliphatic rings. The van der Waals surface area contributed by atoms with Crippen molar-refractivity contribution >= 4 is 22.0 Å². The van der Waals surface area contributed by atoms with E-state index >= 15 is 0 Å². The van der Waals surface area contributed by atoms with Crippen LogP contribution in [0.5, 0.6) is 0 Å². The van der Waals surface area contributed by atoms with E-state index in [1.54, 1.807) is 0 Å². The zero-order chi connectivity index (χ0) is 29.4. The second-order valence-corrected chi connectivity index (χ2v) is 11.2. The molecule has 0 amide bonds. The van der Waals surface area contributed by atoms with E-state index in [-0.39, 0.29) is 0 Å². The molecule has 0 saturated carbocycles. The Morgan fingerprint density at radius 1 is 0.581 bits per heavy atom. The van der Waals surface area contributed by atoms with E-state index < -0.39 is 0 Å². The maximum absolute atomic E-state index is 6.59. The third kappa shape index (κ3) is 6.68. The van der Waals surface area contributed by atoms with Crippen molar-refractivity contribution in [3.05, 3.63) is 192 Å². The third-order valence-corrected chi connectivity index (χ3v) is 8.22. The van der Waals surface area contributed by atoms with Crippen LogP contribution in [0.3, 0.4) is 0 Å². The first-order valence-corrected chi connectivity index (χ1v) is 15.1. The molecule has 0 spiro atoms. The van der Waals surface area contributed by atoms with Crippen LogP contribution in [0.4, 0.5) is 0 Å². The highest BCUT2D eigenvalue weighted by Gasteiger charge is 2.14. The van der Waals surface area contributed by atoms with E-state index in [1.807, 2.05) is 18.2 Å². The van der Waals surface area contributed by atoms with Gasteiger partial charge in [0.2, 0.25) is 0 Å². The maximum atomic E-state index is 6.59. The molecule has 1 atom stereocenters. The Labute approximate surface area is 255 Å². The lowest BCUT2D eigenvalue weighted by molar-refractivity contribution is 0.766. The van der Waals surface area contributed by atoms with Gasteiger partial charge in [-0.15, -0.1) is 0 Å². The molecule has 0 saturated heterocycles. The lowest BCUT2D eigenvalue weighted by Gasteiger charge is -2.17. The van der Waals surface area contributed by atoms with Crippen molar-refractivity contribution in [3.63, 3.8) is 0 Å². The number of nitrogens with two attached hydrogens (primary N) is 1. The van der Waals surface area contributed by atoms with Crippen LogP contribution in [0.15, 0.2) is 164 Å². The highest BCUT2D eigenvalue weighted by atomic mass is 14.6. The van der Waals surface area contributed by atoms with Gasteiger partial charge in [0.15, 0.2) is 0 Å². The fraction of sp³-hybridized carbons (Fsp3) is 0.0952. The zero-order valence-electron chi connectivity index (χ0n) is 24.7. The molecule has 6 rings (SSSR count). The van der Waals surface area contributed by atoms with Crippen molar-refractivity contribution in [1.82, 2.24) is 0 Å². The lowest BCUT2D eigenvalue weighted by atomic mass is 9.87. The van der Waals surface area contributed by atoms with Crippen molar-refractivity contribution in [1.29, 1.82) is 0 Å². The molecule has 6 aromatic carbocycles. The van der Waals surface area contributed by atoms with E-state index in [4.69, 9.17) is 5.73 Å². The van der Waals surface area contributed by atoms with Crippen molar-refractivity contribution in [2.75, 3.05) is 0 Å². The monoisotopic (exact) mass is 555 g/mol. The summed E-state index contributed by atoms with van der Waals surface area (Å²) in [5.74, 6) is 0.419. The van der Waals surface area contributed by atoms with Gasteiger partial charge in [-0.05, 0) is 80.1 Å². The Balaban J connectivity index is 1.33. The highest BCUT2D eigenvalue weighted by Crippen LogP contribution is 2.35. The Kier molecular flexibility index (Phi) is 8.61. The summed E-state index contributed by atoms with van der Waals surface area (Å²) in [6, 6.07) is 53.9. The molecular weight excluding hydrogens is 518 g/mol. The number of rotatable bonds is 9. The molecule has 0 radical (unpaired) electrons. The van der Waals surface area contributed by atoms with E-state index in [0.717, 1.165) is 35.2 Å². The summed E-state index contributed by atoms with van der Waals surface area (Å²) in [6.07, 6.45) is 6.24. The molecule has 0 aliphatic carbocycles. The van der Waals surface area contributed by atoms with Crippen molar-refractivity contribution in [2.45, 2.75) is 25.7 Å². The molecule has 0 bridgehead atoms. The van der Waals surface area contributed by atoms with Gasteiger partial charge in [-0.1, -0.05) is 165 Å². The molecule has 0 aromatic heterocycles. The fourth-order valence-corrected chi connectivity index (χ4v) is 5.91. The molecule has 1 nitrogen and oxygen atoms in total. The van der Waals surface area contributed by atoms with E-state index in [1.165, 1.54) is 38.6 Å². The van der Waals surface area contributed by atoms with Gasteiger partial charge < -0.3 is 5.73 Å². The van der Waals surface area contributed by atoms with E-state index in [9.17, 15) is 0 Å². The summed E-state index contributed by atoms with van der Waals surface area (Å²) in [6.45, 7) is 2.33.